The molecule has 0 aliphatic carbocycles. The summed E-state index contributed by atoms with van der Waals surface area (Å²) in [5.74, 6) is 0. The highest BCUT2D eigenvalue weighted by Gasteiger charge is 2.51. The third-order valence-corrected chi connectivity index (χ3v) is 6.15. The molecule has 132 valence electrons. The van der Waals surface area contributed by atoms with Gasteiger partial charge in [-0.15, -0.1) is 0 Å². The van der Waals surface area contributed by atoms with Gasteiger partial charge < -0.3 is 14.0 Å². The van der Waals surface area contributed by atoms with Gasteiger partial charge in [-0.2, -0.15) is 0 Å². The predicted octanol–water partition coefficient (Wildman–Crippen LogP) is 2.55. The summed E-state index contributed by atoms with van der Waals surface area (Å²) in [6.07, 6.45) is 2.05. The van der Waals surface area contributed by atoms with Gasteiger partial charge in [0.1, 0.15) is 0 Å². The molecule has 2 heterocycles. The number of nitrogens with zero attached hydrogens (tertiary/aromatic N) is 1. The van der Waals surface area contributed by atoms with E-state index < -0.39 is 0 Å². The maximum Gasteiger partial charge on any atom is 0.494 e. The quantitative estimate of drug-likeness (QED) is 0.797. The number of rotatable bonds is 3. The molecule has 0 bridgehead atoms. The summed E-state index contributed by atoms with van der Waals surface area (Å²) in [5.41, 5.74) is 1.88. The van der Waals surface area contributed by atoms with Crippen LogP contribution in [-0.4, -0.2) is 50.5 Å². The zero-order valence-electron chi connectivity index (χ0n) is 15.9. The minimum Gasteiger partial charge on any atom is -0.399 e. The Morgan fingerprint density at radius 1 is 0.875 bits per heavy atom. The van der Waals surface area contributed by atoms with Crippen LogP contribution >= 0.6 is 0 Å². The average Bonchev–Trinajstić information content (AvgIpc) is 2.76. The van der Waals surface area contributed by atoms with E-state index in [1.165, 1.54) is 5.56 Å². The van der Waals surface area contributed by atoms with Crippen molar-refractivity contribution in [2.45, 2.75) is 57.3 Å². The summed E-state index contributed by atoms with van der Waals surface area (Å²) in [5, 5.41) is 0. The van der Waals surface area contributed by atoms with Gasteiger partial charge in [0, 0.05) is 18.8 Å². The lowest BCUT2D eigenvalue weighted by molar-refractivity contribution is -0.0105. The van der Waals surface area contributed by atoms with Gasteiger partial charge >= 0.3 is 7.12 Å². The second-order valence-electron chi connectivity index (χ2n) is 8.25. The number of hydrogen-bond donors (Lipinski definition) is 0. The van der Waals surface area contributed by atoms with Crippen molar-refractivity contribution in [3.63, 3.8) is 0 Å². The second-order valence-corrected chi connectivity index (χ2v) is 8.25. The highest BCUT2D eigenvalue weighted by atomic mass is 16.7. The van der Waals surface area contributed by atoms with Gasteiger partial charge in [0.25, 0.3) is 0 Å². The van der Waals surface area contributed by atoms with Crippen molar-refractivity contribution in [2.75, 3.05) is 27.3 Å². The first kappa shape index (κ1) is 17.9. The molecule has 2 saturated heterocycles. The fourth-order valence-corrected chi connectivity index (χ4v) is 3.63. The van der Waals surface area contributed by atoms with Crippen LogP contribution in [0.5, 0.6) is 0 Å². The Kier molecular flexibility index (Phi) is 4.58. The Labute approximate surface area is 146 Å². The second kappa shape index (κ2) is 6.13. The van der Waals surface area contributed by atoms with Gasteiger partial charge in [-0.1, -0.05) is 24.3 Å². The first-order valence-electron chi connectivity index (χ1n) is 8.89. The average molecular weight is 331 g/mol. The molecule has 2 fully saturated rings. The minimum absolute atomic E-state index is 0.0622. The van der Waals surface area contributed by atoms with Crippen LogP contribution < -0.4 is 5.46 Å². The molecule has 24 heavy (non-hydrogen) atoms. The van der Waals surface area contributed by atoms with E-state index in [2.05, 4.69) is 71.0 Å². The van der Waals surface area contributed by atoms with Crippen LogP contribution in [0.25, 0.3) is 0 Å². The molecule has 0 atom stereocenters. The predicted molar refractivity (Wildman–Crippen MR) is 97.6 cm³/mol. The molecule has 0 unspecified atom stereocenters. The van der Waals surface area contributed by atoms with Gasteiger partial charge in [0.2, 0.25) is 0 Å². The fraction of sp³-hybridized carbons (Fsp3) is 0.684. The molecule has 1 aromatic carbocycles. The van der Waals surface area contributed by atoms with Crippen molar-refractivity contribution in [1.82, 2.24) is 4.90 Å². The Bertz CT molecular complexity index is 561. The van der Waals surface area contributed by atoms with Crippen molar-refractivity contribution < 1.29 is 14.0 Å². The molecule has 4 nitrogen and oxygen atoms in total. The zero-order valence-corrected chi connectivity index (χ0v) is 15.9. The molecule has 0 radical (unpaired) electrons. The molecular formula is C19H30BNO3. The molecule has 0 aromatic heterocycles. The molecule has 2 aliphatic heterocycles. The highest BCUT2D eigenvalue weighted by molar-refractivity contribution is 6.62. The monoisotopic (exact) mass is 331 g/mol. The maximum atomic E-state index is 6.16. The molecule has 0 saturated carbocycles. The maximum absolute atomic E-state index is 6.16. The van der Waals surface area contributed by atoms with Crippen LogP contribution in [0.3, 0.4) is 0 Å². The molecule has 2 aliphatic rings. The Morgan fingerprint density at radius 2 is 1.38 bits per heavy atom. The van der Waals surface area contributed by atoms with Gasteiger partial charge in [-0.25, -0.2) is 0 Å². The smallest absolute Gasteiger partial charge is 0.399 e. The third kappa shape index (κ3) is 2.92. The molecule has 0 N–H and O–H groups in total. The van der Waals surface area contributed by atoms with Crippen molar-refractivity contribution in [3.8, 4) is 0 Å². The molecule has 1 aromatic rings. The van der Waals surface area contributed by atoms with E-state index in [4.69, 9.17) is 14.0 Å². The van der Waals surface area contributed by atoms with Gasteiger partial charge in [0.15, 0.2) is 0 Å². The van der Waals surface area contributed by atoms with E-state index in [-0.39, 0.29) is 23.9 Å². The molecule has 0 amide bonds. The van der Waals surface area contributed by atoms with Gasteiger partial charge in [-0.3, -0.25) is 4.90 Å². The topological polar surface area (TPSA) is 30.9 Å². The van der Waals surface area contributed by atoms with Crippen LogP contribution in [0.4, 0.5) is 0 Å². The van der Waals surface area contributed by atoms with E-state index in [0.717, 1.165) is 31.5 Å². The zero-order chi connectivity index (χ0) is 17.6. The van der Waals surface area contributed by atoms with Crippen molar-refractivity contribution in [3.05, 3.63) is 29.8 Å². The Hall–Kier alpha value is -0.875. The molecule has 3 rings (SSSR count). The van der Waals surface area contributed by atoms with Crippen LogP contribution in [0, 0.1) is 0 Å². The fourth-order valence-electron chi connectivity index (χ4n) is 3.63. The summed E-state index contributed by atoms with van der Waals surface area (Å²) >= 11 is 0. The first-order valence-corrected chi connectivity index (χ1v) is 8.89. The minimum atomic E-state index is -0.304. The molecular weight excluding hydrogens is 301 g/mol. The lowest BCUT2D eigenvalue weighted by Crippen LogP contribution is -2.46. The summed E-state index contributed by atoms with van der Waals surface area (Å²) in [7, 11) is 4.02. The lowest BCUT2D eigenvalue weighted by atomic mass is 9.76. The normalized spacial score (nSPS) is 25.2. The molecule has 0 spiro atoms. The molecule has 5 heteroatoms. The van der Waals surface area contributed by atoms with E-state index in [1.807, 2.05) is 0 Å². The summed E-state index contributed by atoms with van der Waals surface area (Å²) < 4.78 is 17.9. The Morgan fingerprint density at radius 3 is 1.83 bits per heavy atom. The van der Waals surface area contributed by atoms with Crippen LogP contribution in [-0.2, 0) is 19.6 Å². The van der Waals surface area contributed by atoms with Crippen molar-refractivity contribution in [2.24, 2.45) is 0 Å². The largest absolute Gasteiger partial charge is 0.494 e. The highest BCUT2D eigenvalue weighted by Crippen LogP contribution is 2.38. The van der Waals surface area contributed by atoms with Crippen LogP contribution in [0.15, 0.2) is 24.3 Å². The number of ether oxygens (including phenoxy) is 1. The van der Waals surface area contributed by atoms with E-state index >= 15 is 0 Å². The third-order valence-electron chi connectivity index (χ3n) is 6.15. The van der Waals surface area contributed by atoms with E-state index in [9.17, 15) is 0 Å². The van der Waals surface area contributed by atoms with Gasteiger partial charge in [0.05, 0.1) is 11.2 Å². The summed E-state index contributed by atoms with van der Waals surface area (Å²) in [6, 6.07) is 8.76. The van der Waals surface area contributed by atoms with Gasteiger partial charge in [-0.05, 0) is 65.7 Å². The summed E-state index contributed by atoms with van der Waals surface area (Å²) in [4.78, 5) is 2.33. The van der Waals surface area contributed by atoms with E-state index in [0.29, 0.717) is 0 Å². The van der Waals surface area contributed by atoms with Crippen LogP contribution in [0.2, 0.25) is 0 Å². The van der Waals surface area contributed by atoms with Crippen LogP contribution in [0.1, 0.15) is 46.1 Å². The number of hydrogen-bond acceptors (Lipinski definition) is 4. The number of benzene rings is 1. The summed E-state index contributed by atoms with van der Waals surface area (Å²) in [6.45, 7) is 9.98. The van der Waals surface area contributed by atoms with Crippen molar-refractivity contribution >= 4 is 12.6 Å². The Balaban J connectivity index is 1.83. The SMILES string of the molecule is CN(C)C1(c2ccc(B3OC(C)(C)C(C)(C)O3)cc2)CCOCC1. The van der Waals surface area contributed by atoms with Crippen molar-refractivity contribution in [1.29, 1.82) is 0 Å². The van der Waals surface area contributed by atoms with E-state index in [1.54, 1.807) is 0 Å². The first-order chi connectivity index (χ1) is 11.2. The standard InChI is InChI=1S/C19H30BNO3/c1-17(2)18(3,4)24-20(23-17)16-9-7-15(8-10-16)19(21(5)6)11-13-22-14-12-19/h7-10H,11-14H2,1-6H3. The lowest BCUT2D eigenvalue weighted by Gasteiger charge is -2.43.